The molecule has 6 heteroatoms. The quantitative estimate of drug-likeness (QED) is 0.721. The van der Waals surface area contributed by atoms with Crippen LogP contribution >= 0.6 is 15.9 Å². The second-order valence-electron chi connectivity index (χ2n) is 5.24. The lowest BCUT2D eigenvalue weighted by atomic mass is 10.1. The van der Waals surface area contributed by atoms with Crippen LogP contribution in [0.25, 0.3) is 6.08 Å². The molecular weight excluding hydrogens is 386 g/mol. The van der Waals surface area contributed by atoms with Crippen LogP contribution in [-0.4, -0.2) is 27.2 Å². The van der Waals surface area contributed by atoms with Gasteiger partial charge in [-0.15, -0.1) is 0 Å². The molecule has 2 aromatic carbocycles. The molecule has 0 saturated heterocycles. The molecule has 2 rings (SSSR count). The zero-order chi connectivity index (χ0) is 18.4. The number of nitrogens with one attached hydrogen (secondary N) is 1. The minimum absolute atomic E-state index is 0.223. The van der Waals surface area contributed by atoms with E-state index in [0.717, 1.165) is 21.3 Å². The number of carbonyl (C=O) groups excluding carboxylic acids is 1. The molecule has 0 saturated carbocycles. The average Bonchev–Trinajstić information content (AvgIpc) is 2.61. The number of anilines is 1. The highest BCUT2D eigenvalue weighted by atomic mass is 79.9. The van der Waals surface area contributed by atoms with Gasteiger partial charge in [-0.2, -0.15) is 0 Å². The molecule has 0 unspecified atom stereocenters. The van der Waals surface area contributed by atoms with Crippen molar-refractivity contribution < 1.29 is 19.0 Å². The van der Waals surface area contributed by atoms with Gasteiger partial charge in [0.2, 0.25) is 11.7 Å². The van der Waals surface area contributed by atoms with Crippen LogP contribution in [0.2, 0.25) is 0 Å². The Morgan fingerprint density at radius 1 is 1.04 bits per heavy atom. The highest BCUT2D eigenvalue weighted by Crippen LogP contribution is 2.38. The molecule has 0 aliphatic carbocycles. The first-order valence-corrected chi connectivity index (χ1v) is 8.33. The minimum atomic E-state index is -0.223. The molecule has 132 valence electrons. The van der Waals surface area contributed by atoms with Gasteiger partial charge in [0.15, 0.2) is 11.5 Å². The van der Waals surface area contributed by atoms with E-state index in [-0.39, 0.29) is 5.91 Å². The van der Waals surface area contributed by atoms with E-state index in [0.29, 0.717) is 17.2 Å². The smallest absolute Gasteiger partial charge is 0.248 e. The summed E-state index contributed by atoms with van der Waals surface area (Å²) in [5.74, 6) is 1.35. The predicted molar refractivity (Wildman–Crippen MR) is 103 cm³/mol. The van der Waals surface area contributed by atoms with Crippen molar-refractivity contribution in [3.8, 4) is 17.2 Å². The fourth-order valence-corrected chi connectivity index (χ4v) is 2.79. The molecule has 2 aromatic rings. The van der Waals surface area contributed by atoms with Gasteiger partial charge in [0.1, 0.15) is 0 Å². The number of benzene rings is 2. The summed E-state index contributed by atoms with van der Waals surface area (Å²) in [7, 11) is 4.64. The lowest BCUT2D eigenvalue weighted by molar-refractivity contribution is -0.111. The number of aryl methyl sites for hydroxylation is 1. The summed E-state index contributed by atoms with van der Waals surface area (Å²) in [6, 6.07) is 9.22. The first kappa shape index (κ1) is 18.9. The molecule has 1 N–H and O–H groups in total. The monoisotopic (exact) mass is 405 g/mol. The van der Waals surface area contributed by atoms with Gasteiger partial charge < -0.3 is 19.5 Å². The number of hydrogen-bond acceptors (Lipinski definition) is 4. The van der Waals surface area contributed by atoms with Crippen molar-refractivity contribution in [2.75, 3.05) is 26.6 Å². The van der Waals surface area contributed by atoms with Crippen molar-refractivity contribution in [1.29, 1.82) is 0 Å². The second kappa shape index (κ2) is 8.58. The molecule has 5 nitrogen and oxygen atoms in total. The van der Waals surface area contributed by atoms with Crippen LogP contribution in [0.1, 0.15) is 11.1 Å². The second-order valence-corrected chi connectivity index (χ2v) is 6.16. The molecule has 0 heterocycles. The lowest BCUT2D eigenvalue weighted by Crippen LogP contribution is -2.08. The van der Waals surface area contributed by atoms with Gasteiger partial charge in [0.05, 0.1) is 21.3 Å². The van der Waals surface area contributed by atoms with E-state index < -0.39 is 0 Å². The Morgan fingerprint density at radius 2 is 1.68 bits per heavy atom. The number of amides is 1. The maximum Gasteiger partial charge on any atom is 0.248 e. The first-order valence-electron chi connectivity index (χ1n) is 7.53. The number of ether oxygens (including phenoxy) is 3. The number of halogens is 1. The molecule has 0 aromatic heterocycles. The molecule has 0 radical (unpaired) electrons. The van der Waals surface area contributed by atoms with Gasteiger partial charge in [0.25, 0.3) is 0 Å². The summed E-state index contributed by atoms with van der Waals surface area (Å²) in [5, 5.41) is 2.85. The third-order valence-electron chi connectivity index (χ3n) is 3.56. The number of methoxy groups -OCH3 is 3. The van der Waals surface area contributed by atoms with Crippen molar-refractivity contribution in [1.82, 2.24) is 0 Å². The third-order valence-corrected chi connectivity index (χ3v) is 4.05. The molecule has 0 bridgehead atoms. The van der Waals surface area contributed by atoms with E-state index >= 15 is 0 Å². The van der Waals surface area contributed by atoms with Crippen LogP contribution in [0.3, 0.4) is 0 Å². The number of rotatable bonds is 6. The van der Waals surface area contributed by atoms with Crippen molar-refractivity contribution >= 4 is 33.6 Å². The van der Waals surface area contributed by atoms with E-state index in [9.17, 15) is 4.79 Å². The molecule has 0 aliphatic heterocycles. The summed E-state index contributed by atoms with van der Waals surface area (Å²) in [6.45, 7) is 1.93. The normalized spacial score (nSPS) is 10.6. The highest BCUT2D eigenvalue weighted by Gasteiger charge is 2.12. The topological polar surface area (TPSA) is 56.8 Å². The maximum atomic E-state index is 12.2. The Balaban J connectivity index is 2.19. The van der Waals surface area contributed by atoms with Crippen molar-refractivity contribution in [2.24, 2.45) is 0 Å². The van der Waals surface area contributed by atoms with Gasteiger partial charge in [-0.3, -0.25) is 4.79 Å². The Morgan fingerprint density at radius 3 is 2.20 bits per heavy atom. The molecule has 0 fully saturated rings. The van der Waals surface area contributed by atoms with Crippen LogP contribution < -0.4 is 19.5 Å². The predicted octanol–water partition coefficient (Wildman–Crippen LogP) is 4.44. The minimum Gasteiger partial charge on any atom is -0.493 e. The van der Waals surface area contributed by atoms with Gasteiger partial charge in [0, 0.05) is 16.2 Å². The van der Waals surface area contributed by atoms with Gasteiger partial charge in [-0.05, 0) is 54.5 Å². The fourth-order valence-electron chi connectivity index (χ4n) is 2.31. The van der Waals surface area contributed by atoms with Crippen LogP contribution in [0.5, 0.6) is 17.2 Å². The molecule has 25 heavy (non-hydrogen) atoms. The van der Waals surface area contributed by atoms with E-state index in [2.05, 4.69) is 21.2 Å². The Bertz CT molecular complexity index is 777. The van der Waals surface area contributed by atoms with Gasteiger partial charge >= 0.3 is 0 Å². The van der Waals surface area contributed by atoms with E-state index in [4.69, 9.17) is 14.2 Å². The Kier molecular flexibility index (Phi) is 6.47. The summed E-state index contributed by atoms with van der Waals surface area (Å²) >= 11 is 3.40. The van der Waals surface area contributed by atoms with E-state index in [1.165, 1.54) is 6.08 Å². The number of hydrogen-bond donors (Lipinski definition) is 1. The van der Waals surface area contributed by atoms with Crippen LogP contribution in [0.15, 0.2) is 40.9 Å². The van der Waals surface area contributed by atoms with Crippen molar-refractivity contribution in [2.45, 2.75) is 6.92 Å². The number of carbonyl (C=O) groups is 1. The van der Waals surface area contributed by atoms with Crippen molar-refractivity contribution in [3.63, 3.8) is 0 Å². The van der Waals surface area contributed by atoms with Gasteiger partial charge in [-0.1, -0.05) is 15.9 Å². The summed E-state index contributed by atoms with van der Waals surface area (Å²) in [5.41, 5.74) is 2.50. The standard InChI is InChI=1S/C19H20BrNO4/c1-12-9-14(20)6-7-15(12)21-18(22)8-5-13-10-16(23-2)19(25-4)17(11-13)24-3/h5-11H,1-4H3,(H,21,22). The van der Waals surface area contributed by atoms with Crippen LogP contribution in [-0.2, 0) is 4.79 Å². The average molecular weight is 406 g/mol. The molecular formula is C19H20BrNO4. The maximum absolute atomic E-state index is 12.2. The lowest BCUT2D eigenvalue weighted by Gasteiger charge is -2.12. The van der Waals surface area contributed by atoms with Crippen LogP contribution in [0.4, 0.5) is 5.69 Å². The fraction of sp³-hybridized carbons (Fsp3) is 0.211. The largest absolute Gasteiger partial charge is 0.493 e. The third kappa shape index (κ3) is 4.76. The molecule has 0 spiro atoms. The Labute approximate surface area is 155 Å². The van der Waals surface area contributed by atoms with E-state index in [1.807, 2.05) is 25.1 Å². The van der Waals surface area contributed by atoms with Crippen LogP contribution in [0, 0.1) is 6.92 Å². The SMILES string of the molecule is COc1cc(C=CC(=O)Nc2ccc(Br)cc2C)cc(OC)c1OC. The summed E-state index contributed by atoms with van der Waals surface area (Å²) in [4.78, 5) is 12.2. The summed E-state index contributed by atoms with van der Waals surface area (Å²) in [6.07, 6.45) is 3.15. The molecule has 0 atom stereocenters. The molecule has 0 aliphatic rings. The zero-order valence-corrected chi connectivity index (χ0v) is 16.1. The highest BCUT2D eigenvalue weighted by molar-refractivity contribution is 9.10. The van der Waals surface area contributed by atoms with Gasteiger partial charge in [-0.25, -0.2) is 0 Å². The zero-order valence-electron chi connectivity index (χ0n) is 14.6. The first-order chi connectivity index (χ1) is 12.0. The molecule has 1 amide bonds. The Hall–Kier alpha value is -2.47. The summed E-state index contributed by atoms with van der Waals surface area (Å²) < 4.78 is 16.9. The van der Waals surface area contributed by atoms with E-state index in [1.54, 1.807) is 39.5 Å². The van der Waals surface area contributed by atoms with Crippen molar-refractivity contribution in [3.05, 3.63) is 52.0 Å².